The lowest BCUT2D eigenvalue weighted by Gasteiger charge is -2.40. The van der Waals surface area contributed by atoms with Crippen LogP contribution in [0.4, 0.5) is 0 Å². The molecule has 2 aliphatic carbocycles. The molecule has 1 nitrogen and oxygen atoms in total. The van der Waals surface area contributed by atoms with E-state index in [0.717, 1.165) is 23.8 Å². The third kappa shape index (κ3) is 4.21. The topological polar surface area (TPSA) is 12.0 Å². The van der Waals surface area contributed by atoms with Gasteiger partial charge in [-0.15, -0.1) is 0 Å². The smallest absolute Gasteiger partial charge is 0.00949 e. The molecule has 2 aliphatic rings. The van der Waals surface area contributed by atoms with E-state index < -0.39 is 0 Å². The highest BCUT2D eigenvalue weighted by atomic mass is 14.9. The Hall–Kier alpha value is -0.0400. The largest absolute Gasteiger partial charge is 0.317 e. The molecule has 0 aromatic heterocycles. The van der Waals surface area contributed by atoms with Crippen molar-refractivity contribution < 1.29 is 0 Å². The van der Waals surface area contributed by atoms with Crippen molar-refractivity contribution in [2.75, 3.05) is 7.05 Å². The van der Waals surface area contributed by atoms with Gasteiger partial charge < -0.3 is 5.32 Å². The summed E-state index contributed by atoms with van der Waals surface area (Å²) in [5.41, 5.74) is 0.519. The molecule has 0 aromatic rings. The molecule has 0 spiro atoms. The van der Waals surface area contributed by atoms with E-state index in [4.69, 9.17) is 0 Å². The molecule has 0 bridgehead atoms. The van der Waals surface area contributed by atoms with Crippen molar-refractivity contribution in [2.24, 2.45) is 23.2 Å². The molecule has 0 amide bonds. The third-order valence-corrected chi connectivity index (χ3v) is 6.00. The second-order valence-electron chi connectivity index (χ2n) is 8.26. The minimum Gasteiger partial charge on any atom is -0.317 e. The first kappa shape index (κ1) is 15.4. The molecule has 0 aromatic carbocycles. The zero-order valence-corrected chi connectivity index (χ0v) is 13.7. The minimum absolute atomic E-state index is 0.519. The van der Waals surface area contributed by atoms with Gasteiger partial charge in [0.05, 0.1) is 0 Å². The number of hydrogen-bond donors (Lipinski definition) is 1. The van der Waals surface area contributed by atoms with Gasteiger partial charge in [-0.3, -0.25) is 0 Å². The van der Waals surface area contributed by atoms with E-state index in [1.165, 1.54) is 57.8 Å². The summed E-state index contributed by atoms with van der Waals surface area (Å²) < 4.78 is 0. The summed E-state index contributed by atoms with van der Waals surface area (Å²) in [7, 11) is 2.19. The molecule has 0 heterocycles. The summed E-state index contributed by atoms with van der Waals surface area (Å²) in [5.74, 6) is 2.93. The maximum atomic E-state index is 3.65. The Morgan fingerprint density at radius 3 is 2.00 bits per heavy atom. The molecule has 1 heteroatoms. The second kappa shape index (κ2) is 6.61. The molecular formula is C18H35N. The van der Waals surface area contributed by atoms with E-state index in [9.17, 15) is 0 Å². The first-order valence-corrected chi connectivity index (χ1v) is 8.68. The van der Waals surface area contributed by atoms with Crippen LogP contribution >= 0.6 is 0 Å². The Balaban J connectivity index is 1.81. The van der Waals surface area contributed by atoms with Gasteiger partial charge >= 0.3 is 0 Å². The lowest BCUT2D eigenvalue weighted by Crippen LogP contribution is -2.38. The molecule has 112 valence electrons. The lowest BCUT2D eigenvalue weighted by atomic mass is 9.68. The van der Waals surface area contributed by atoms with Gasteiger partial charge in [0.15, 0.2) is 0 Å². The van der Waals surface area contributed by atoms with Gasteiger partial charge in [-0.05, 0) is 62.3 Å². The highest BCUT2D eigenvalue weighted by Gasteiger charge is 2.33. The molecule has 0 aliphatic heterocycles. The lowest BCUT2D eigenvalue weighted by molar-refractivity contribution is 0.128. The molecule has 0 saturated heterocycles. The molecule has 1 unspecified atom stereocenters. The average molecular weight is 265 g/mol. The predicted molar refractivity (Wildman–Crippen MR) is 84.3 cm³/mol. The van der Waals surface area contributed by atoms with E-state index in [1.807, 2.05) is 0 Å². The zero-order chi connectivity index (χ0) is 13.9. The standard InChI is InChI=1S/C18H35N/c1-18(2,3)16-11-9-15(10-12-16)17(19-4)13-14-7-5-6-8-14/h14-17,19H,5-13H2,1-4H3. The van der Waals surface area contributed by atoms with Crippen LogP contribution in [-0.4, -0.2) is 13.1 Å². The van der Waals surface area contributed by atoms with Gasteiger partial charge in [0.1, 0.15) is 0 Å². The van der Waals surface area contributed by atoms with Gasteiger partial charge in [-0.1, -0.05) is 46.5 Å². The molecule has 1 N–H and O–H groups in total. The molecule has 19 heavy (non-hydrogen) atoms. The van der Waals surface area contributed by atoms with Crippen molar-refractivity contribution in [3.63, 3.8) is 0 Å². The molecular weight excluding hydrogens is 230 g/mol. The fraction of sp³-hybridized carbons (Fsp3) is 1.00. The van der Waals surface area contributed by atoms with Crippen LogP contribution in [0.15, 0.2) is 0 Å². The molecule has 1 atom stereocenters. The first-order chi connectivity index (χ1) is 9.00. The number of nitrogens with one attached hydrogen (secondary N) is 1. The van der Waals surface area contributed by atoms with E-state index in [-0.39, 0.29) is 0 Å². The fourth-order valence-electron chi connectivity index (χ4n) is 4.54. The predicted octanol–water partition coefficient (Wildman–Crippen LogP) is 5.01. The summed E-state index contributed by atoms with van der Waals surface area (Å²) >= 11 is 0. The van der Waals surface area contributed by atoms with Crippen LogP contribution in [0, 0.1) is 23.2 Å². The van der Waals surface area contributed by atoms with Crippen LogP contribution in [0.1, 0.15) is 78.6 Å². The Labute approximate surface area is 120 Å². The Morgan fingerprint density at radius 2 is 1.53 bits per heavy atom. The summed E-state index contributed by atoms with van der Waals surface area (Å²) in [5, 5.41) is 3.65. The summed E-state index contributed by atoms with van der Waals surface area (Å²) in [6, 6.07) is 0.795. The van der Waals surface area contributed by atoms with Gasteiger partial charge in [0.25, 0.3) is 0 Å². The van der Waals surface area contributed by atoms with Gasteiger partial charge in [-0.2, -0.15) is 0 Å². The molecule has 2 fully saturated rings. The van der Waals surface area contributed by atoms with Gasteiger partial charge in [0.2, 0.25) is 0 Å². The van der Waals surface area contributed by atoms with Gasteiger partial charge in [-0.25, -0.2) is 0 Å². The van der Waals surface area contributed by atoms with Crippen LogP contribution in [0.25, 0.3) is 0 Å². The maximum Gasteiger partial charge on any atom is 0.00949 e. The zero-order valence-electron chi connectivity index (χ0n) is 13.7. The van der Waals surface area contributed by atoms with Crippen LogP contribution in [-0.2, 0) is 0 Å². The number of rotatable bonds is 4. The molecule has 2 rings (SSSR count). The molecule has 0 radical (unpaired) electrons. The Bertz CT molecular complexity index is 251. The highest BCUT2D eigenvalue weighted by molar-refractivity contribution is 4.87. The van der Waals surface area contributed by atoms with Gasteiger partial charge in [0, 0.05) is 6.04 Å². The minimum atomic E-state index is 0.519. The van der Waals surface area contributed by atoms with Crippen molar-refractivity contribution in [1.29, 1.82) is 0 Å². The third-order valence-electron chi connectivity index (χ3n) is 6.00. The van der Waals surface area contributed by atoms with Crippen LogP contribution in [0.3, 0.4) is 0 Å². The van der Waals surface area contributed by atoms with Crippen molar-refractivity contribution in [2.45, 2.75) is 84.6 Å². The van der Waals surface area contributed by atoms with E-state index in [2.05, 4.69) is 33.1 Å². The van der Waals surface area contributed by atoms with Crippen molar-refractivity contribution in [3.05, 3.63) is 0 Å². The fourth-order valence-corrected chi connectivity index (χ4v) is 4.54. The van der Waals surface area contributed by atoms with Crippen molar-refractivity contribution >= 4 is 0 Å². The maximum absolute atomic E-state index is 3.65. The average Bonchev–Trinajstić information content (AvgIpc) is 2.88. The quantitative estimate of drug-likeness (QED) is 0.753. The highest BCUT2D eigenvalue weighted by Crippen LogP contribution is 2.42. The van der Waals surface area contributed by atoms with E-state index in [0.29, 0.717) is 5.41 Å². The van der Waals surface area contributed by atoms with Crippen LogP contribution < -0.4 is 5.32 Å². The normalized spacial score (nSPS) is 31.6. The van der Waals surface area contributed by atoms with Crippen molar-refractivity contribution in [3.8, 4) is 0 Å². The Morgan fingerprint density at radius 1 is 0.947 bits per heavy atom. The van der Waals surface area contributed by atoms with E-state index in [1.54, 1.807) is 0 Å². The van der Waals surface area contributed by atoms with Crippen LogP contribution in [0.5, 0.6) is 0 Å². The van der Waals surface area contributed by atoms with E-state index >= 15 is 0 Å². The Kier molecular flexibility index (Phi) is 5.34. The van der Waals surface area contributed by atoms with Crippen molar-refractivity contribution in [1.82, 2.24) is 5.32 Å². The summed E-state index contributed by atoms with van der Waals surface area (Å²) in [6.45, 7) is 7.27. The summed E-state index contributed by atoms with van der Waals surface area (Å²) in [4.78, 5) is 0. The SMILES string of the molecule is CNC(CC1CCCC1)C1CCC(C(C)(C)C)CC1. The number of hydrogen-bond acceptors (Lipinski definition) is 1. The monoisotopic (exact) mass is 265 g/mol. The second-order valence-corrected chi connectivity index (χ2v) is 8.26. The summed E-state index contributed by atoms with van der Waals surface area (Å²) in [6.07, 6.45) is 13.2. The molecule has 2 saturated carbocycles. The first-order valence-electron chi connectivity index (χ1n) is 8.68. The van der Waals surface area contributed by atoms with Crippen LogP contribution in [0.2, 0.25) is 0 Å².